The van der Waals surface area contributed by atoms with E-state index < -0.39 is 5.97 Å². The Morgan fingerprint density at radius 2 is 1.55 bits per heavy atom. The van der Waals surface area contributed by atoms with E-state index in [2.05, 4.69) is 0 Å². The fraction of sp³-hybridized carbons (Fsp3) is 0.176. The Morgan fingerprint density at radius 1 is 0.955 bits per heavy atom. The molecule has 0 spiro atoms. The van der Waals surface area contributed by atoms with Gasteiger partial charge in [-0.15, -0.1) is 0 Å². The zero-order valence-corrected chi connectivity index (χ0v) is 12.2. The molecule has 0 aromatic heterocycles. The number of carbonyl (C=O) groups excluding carboxylic acids is 2. The number of hydrogen-bond donors (Lipinski definition) is 1. The zero-order valence-electron chi connectivity index (χ0n) is 12.2. The van der Waals surface area contributed by atoms with Crippen LogP contribution in [0.2, 0.25) is 0 Å². The molecule has 0 atom stereocenters. The van der Waals surface area contributed by atoms with Gasteiger partial charge in [0.2, 0.25) is 0 Å². The first-order chi connectivity index (χ1) is 10.6. The molecule has 0 saturated heterocycles. The van der Waals surface area contributed by atoms with Gasteiger partial charge in [0, 0.05) is 11.3 Å². The molecule has 5 heteroatoms. The quantitative estimate of drug-likeness (QED) is 0.504. The van der Waals surface area contributed by atoms with Crippen LogP contribution in [0.25, 0.3) is 0 Å². The standard InChI is InChI=1S/C17H17NO4/c1-2-21-15-9-5-12(6-10-15)16(19)11-22-17(20)13-3-7-14(18)8-4-13/h3-10H,2,11,18H2,1H3. The van der Waals surface area contributed by atoms with E-state index in [1.54, 1.807) is 48.5 Å². The largest absolute Gasteiger partial charge is 0.494 e. The molecule has 2 aromatic carbocycles. The lowest BCUT2D eigenvalue weighted by Gasteiger charge is -2.06. The molecule has 5 nitrogen and oxygen atoms in total. The lowest BCUT2D eigenvalue weighted by Crippen LogP contribution is -2.14. The second kappa shape index (κ2) is 7.26. The highest BCUT2D eigenvalue weighted by atomic mass is 16.5. The van der Waals surface area contributed by atoms with Crippen molar-refractivity contribution in [1.82, 2.24) is 0 Å². The average Bonchev–Trinajstić information content (AvgIpc) is 2.54. The van der Waals surface area contributed by atoms with E-state index >= 15 is 0 Å². The normalized spacial score (nSPS) is 10.0. The third-order valence-corrected chi connectivity index (χ3v) is 2.97. The van der Waals surface area contributed by atoms with Crippen LogP contribution in [0, 0.1) is 0 Å². The number of ketones is 1. The van der Waals surface area contributed by atoms with Gasteiger partial charge in [0.15, 0.2) is 12.4 Å². The lowest BCUT2D eigenvalue weighted by molar-refractivity contribution is 0.0475. The molecule has 0 bridgehead atoms. The number of nitrogens with two attached hydrogens (primary N) is 1. The molecule has 0 unspecified atom stereocenters. The highest BCUT2D eigenvalue weighted by Gasteiger charge is 2.11. The van der Waals surface area contributed by atoms with Crippen LogP contribution in [-0.2, 0) is 4.74 Å². The van der Waals surface area contributed by atoms with Crippen LogP contribution in [0.4, 0.5) is 5.69 Å². The maximum Gasteiger partial charge on any atom is 0.338 e. The Labute approximate surface area is 128 Å². The number of rotatable bonds is 6. The summed E-state index contributed by atoms with van der Waals surface area (Å²) in [5.41, 5.74) is 6.92. The predicted molar refractivity (Wildman–Crippen MR) is 83.1 cm³/mol. The first-order valence-corrected chi connectivity index (χ1v) is 6.89. The first kappa shape index (κ1) is 15.6. The van der Waals surface area contributed by atoms with E-state index in [0.717, 1.165) is 0 Å². The van der Waals surface area contributed by atoms with Crippen molar-refractivity contribution in [3.05, 3.63) is 59.7 Å². The van der Waals surface area contributed by atoms with Crippen molar-refractivity contribution in [2.24, 2.45) is 0 Å². The van der Waals surface area contributed by atoms with E-state index in [9.17, 15) is 9.59 Å². The molecule has 2 aromatic rings. The Morgan fingerprint density at radius 3 is 2.14 bits per heavy atom. The van der Waals surface area contributed by atoms with Gasteiger partial charge in [-0.3, -0.25) is 4.79 Å². The predicted octanol–water partition coefficient (Wildman–Crippen LogP) is 2.71. The molecule has 0 saturated carbocycles. The lowest BCUT2D eigenvalue weighted by atomic mass is 10.1. The van der Waals surface area contributed by atoms with E-state index in [1.807, 2.05) is 6.92 Å². The van der Waals surface area contributed by atoms with E-state index in [1.165, 1.54) is 0 Å². The molecule has 0 fully saturated rings. The highest BCUT2D eigenvalue weighted by molar-refractivity contribution is 5.99. The van der Waals surface area contributed by atoms with Crippen LogP contribution in [0.15, 0.2) is 48.5 Å². The maximum absolute atomic E-state index is 12.0. The minimum absolute atomic E-state index is 0.271. The molecule has 0 aliphatic rings. The monoisotopic (exact) mass is 299 g/mol. The fourth-order valence-corrected chi connectivity index (χ4v) is 1.82. The zero-order chi connectivity index (χ0) is 15.9. The summed E-state index contributed by atoms with van der Waals surface area (Å²) in [5.74, 6) is -0.135. The van der Waals surface area contributed by atoms with Crippen molar-refractivity contribution in [2.75, 3.05) is 18.9 Å². The molecule has 0 radical (unpaired) electrons. The van der Waals surface area contributed by atoms with Gasteiger partial charge in [0.05, 0.1) is 12.2 Å². The van der Waals surface area contributed by atoms with Crippen molar-refractivity contribution in [3.8, 4) is 5.75 Å². The second-order valence-corrected chi connectivity index (χ2v) is 4.58. The number of nitrogen functional groups attached to an aromatic ring is 1. The van der Waals surface area contributed by atoms with Crippen molar-refractivity contribution < 1.29 is 19.1 Å². The van der Waals surface area contributed by atoms with Gasteiger partial charge in [0.25, 0.3) is 0 Å². The molecule has 0 heterocycles. The summed E-state index contributed by atoms with van der Waals surface area (Å²) < 4.78 is 10.3. The van der Waals surface area contributed by atoms with Gasteiger partial charge in [-0.1, -0.05) is 0 Å². The molecule has 0 amide bonds. The van der Waals surface area contributed by atoms with Gasteiger partial charge < -0.3 is 15.2 Å². The minimum Gasteiger partial charge on any atom is -0.494 e. The maximum atomic E-state index is 12.0. The topological polar surface area (TPSA) is 78.6 Å². The van der Waals surface area contributed by atoms with Gasteiger partial charge >= 0.3 is 5.97 Å². The van der Waals surface area contributed by atoms with Crippen molar-refractivity contribution in [2.45, 2.75) is 6.92 Å². The molecule has 0 aliphatic heterocycles. The van der Waals surface area contributed by atoms with Crippen LogP contribution < -0.4 is 10.5 Å². The molecular weight excluding hydrogens is 282 g/mol. The highest BCUT2D eigenvalue weighted by Crippen LogP contribution is 2.13. The summed E-state index contributed by atoms with van der Waals surface area (Å²) in [6.07, 6.45) is 0. The van der Waals surface area contributed by atoms with Crippen LogP contribution >= 0.6 is 0 Å². The van der Waals surface area contributed by atoms with Gasteiger partial charge in [-0.25, -0.2) is 4.79 Å². The second-order valence-electron chi connectivity index (χ2n) is 4.58. The Kier molecular flexibility index (Phi) is 5.14. The third kappa shape index (κ3) is 4.09. The molecule has 22 heavy (non-hydrogen) atoms. The molecular formula is C17H17NO4. The van der Waals surface area contributed by atoms with Gasteiger partial charge in [-0.05, 0) is 55.5 Å². The molecule has 114 valence electrons. The Balaban J connectivity index is 1.91. The third-order valence-electron chi connectivity index (χ3n) is 2.97. The average molecular weight is 299 g/mol. The van der Waals surface area contributed by atoms with E-state index in [-0.39, 0.29) is 12.4 Å². The number of ether oxygens (including phenoxy) is 2. The van der Waals surface area contributed by atoms with Crippen LogP contribution in [0.5, 0.6) is 5.75 Å². The number of carbonyl (C=O) groups is 2. The molecule has 0 aliphatic carbocycles. The van der Waals surface area contributed by atoms with Crippen LogP contribution in [0.3, 0.4) is 0 Å². The Hall–Kier alpha value is -2.82. The number of esters is 1. The number of benzene rings is 2. The van der Waals surface area contributed by atoms with Crippen molar-refractivity contribution in [1.29, 1.82) is 0 Å². The van der Waals surface area contributed by atoms with Gasteiger partial charge in [0.1, 0.15) is 5.75 Å². The van der Waals surface area contributed by atoms with E-state index in [0.29, 0.717) is 29.2 Å². The summed E-state index contributed by atoms with van der Waals surface area (Å²) in [6.45, 7) is 2.14. The summed E-state index contributed by atoms with van der Waals surface area (Å²) >= 11 is 0. The number of hydrogen-bond acceptors (Lipinski definition) is 5. The Bertz CT molecular complexity index is 647. The SMILES string of the molecule is CCOc1ccc(C(=O)COC(=O)c2ccc(N)cc2)cc1. The summed E-state index contributed by atoms with van der Waals surface area (Å²) in [4.78, 5) is 23.8. The fourth-order valence-electron chi connectivity index (χ4n) is 1.82. The van der Waals surface area contributed by atoms with Crippen LogP contribution in [-0.4, -0.2) is 25.0 Å². The molecule has 2 rings (SSSR count). The van der Waals surface area contributed by atoms with Crippen molar-refractivity contribution in [3.63, 3.8) is 0 Å². The number of Topliss-reactive ketones (excluding diaryl/α,β-unsaturated/α-hetero) is 1. The summed E-state index contributed by atoms with van der Waals surface area (Å²) in [5, 5.41) is 0. The number of anilines is 1. The van der Waals surface area contributed by atoms with Crippen LogP contribution in [0.1, 0.15) is 27.6 Å². The van der Waals surface area contributed by atoms with E-state index in [4.69, 9.17) is 15.2 Å². The first-order valence-electron chi connectivity index (χ1n) is 6.89. The molecule has 2 N–H and O–H groups in total. The van der Waals surface area contributed by atoms with Crippen molar-refractivity contribution >= 4 is 17.4 Å². The smallest absolute Gasteiger partial charge is 0.338 e. The summed E-state index contributed by atoms with van der Waals surface area (Å²) in [6, 6.07) is 13.0. The summed E-state index contributed by atoms with van der Waals surface area (Å²) in [7, 11) is 0. The van der Waals surface area contributed by atoms with Gasteiger partial charge in [-0.2, -0.15) is 0 Å². The minimum atomic E-state index is -0.556.